The van der Waals surface area contributed by atoms with Gasteiger partial charge in [-0.05, 0) is 19.9 Å². The molecule has 0 aromatic carbocycles. The van der Waals surface area contributed by atoms with Crippen molar-refractivity contribution in [3.05, 3.63) is 48.5 Å². The van der Waals surface area contributed by atoms with Crippen LogP contribution >= 0.6 is 0 Å². The maximum absolute atomic E-state index is 11.7. The summed E-state index contributed by atoms with van der Waals surface area (Å²) in [4.78, 5) is 8.28. The molecule has 3 heteroatoms. The topological polar surface area (TPSA) is 24.7 Å². The summed E-state index contributed by atoms with van der Waals surface area (Å²) in [5.74, 6) is 0. The van der Waals surface area contributed by atoms with Gasteiger partial charge in [-0.2, -0.15) is 0 Å². The second-order valence-electron chi connectivity index (χ2n) is 4.14. The minimum Gasteiger partial charge on any atom is -0.292 e. The highest BCUT2D eigenvalue weighted by Gasteiger charge is 2.14. The summed E-state index contributed by atoms with van der Waals surface area (Å²) in [7, 11) is 0. The van der Waals surface area contributed by atoms with E-state index in [-0.39, 0.29) is 5.41 Å². The van der Waals surface area contributed by atoms with E-state index >= 15 is 0 Å². The Morgan fingerprint density at radius 1 is 1.53 bits per heavy atom. The van der Waals surface area contributed by atoms with Crippen molar-refractivity contribution in [3.8, 4) is 0 Å². The van der Waals surface area contributed by atoms with Crippen LogP contribution in [0.2, 0.25) is 0 Å². The number of hydrogen-bond acceptors (Lipinski definition) is 2. The van der Waals surface area contributed by atoms with Crippen LogP contribution in [0.15, 0.2) is 58.5 Å². The van der Waals surface area contributed by atoms with E-state index in [1.165, 1.54) is 17.9 Å². The van der Waals surface area contributed by atoms with Gasteiger partial charge in [-0.1, -0.05) is 29.9 Å². The van der Waals surface area contributed by atoms with Crippen LogP contribution in [0.1, 0.15) is 13.8 Å². The minimum atomic E-state index is -0.242. The van der Waals surface area contributed by atoms with Crippen molar-refractivity contribution in [2.45, 2.75) is 13.8 Å². The van der Waals surface area contributed by atoms with Crippen molar-refractivity contribution in [1.82, 2.24) is 0 Å². The monoisotopic (exact) mass is 232 g/mol. The molecule has 1 aliphatic rings. The third kappa shape index (κ3) is 5.20. The van der Waals surface area contributed by atoms with Gasteiger partial charge < -0.3 is 0 Å². The smallest absolute Gasteiger partial charge is 0.0882 e. The normalized spacial score (nSPS) is 32.5. The van der Waals surface area contributed by atoms with Crippen LogP contribution in [0.25, 0.3) is 0 Å². The molecule has 1 heterocycles. The summed E-state index contributed by atoms with van der Waals surface area (Å²) in [5.41, 5.74) is 0.989. The first-order valence-electron chi connectivity index (χ1n) is 5.48. The van der Waals surface area contributed by atoms with E-state index < -0.39 is 0 Å². The fraction of sp³-hybridized carbons (Fsp3) is 0.286. The molecule has 0 saturated heterocycles. The Morgan fingerprint density at radius 3 is 3.12 bits per heavy atom. The maximum atomic E-state index is 11.7. The van der Waals surface area contributed by atoms with Gasteiger partial charge in [0.1, 0.15) is 0 Å². The zero-order chi connectivity index (χ0) is 12.6. The molecule has 0 N–H and O–H groups in total. The molecule has 0 aliphatic carbocycles. The number of hydrogen-bond donors (Lipinski definition) is 0. The fourth-order valence-electron chi connectivity index (χ4n) is 1.34. The molecule has 0 aromatic rings. The Morgan fingerprint density at radius 2 is 2.35 bits per heavy atom. The lowest BCUT2D eigenvalue weighted by Crippen LogP contribution is -2.12. The van der Waals surface area contributed by atoms with Crippen LogP contribution in [0.3, 0.4) is 0 Å². The number of rotatable bonds is 3. The first-order chi connectivity index (χ1) is 8.16. The summed E-state index contributed by atoms with van der Waals surface area (Å²) >= 11 is 0. The quantitative estimate of drug-likeness (QED) is 0.664. The highest BCUT2D eigenvalue weighted by atomic mass is 19.1. The SMILES string of the molecule is C/C1=C/C=C\C(C)(/C=C/N=C\C=C/F)/C=N\C1. The number of aliphatic imine (C=N–C) groups is 2. The molecule has 0 radical (unpaired) electrons. The number of nitrogens with zero attached hydrogens (tertiary/aromatic N) is 2. The molecule has 0 aromatic heterocycles. The lowest BCUT2D eigenvalue weighted by atomic mass is 9.91. The van der Waals surface area contributed by atoms with Crippen molar-refractivity contribution >= 4 is 12.4 Å². The second kappa shape index (κ2) is 6.74. The van der Waals surface area contributed by atoms with Crippen molar-refractivity contribution in [2.24, 2.45) is 15.4 Å². The van der Waals surface area contributed by atoms with Crippen LogP contribution < -0.4 is 0 Å². The molecule has 17 heavy (non-hydrogen) atoms. The molecule has 1 atom stereocenters. The molecule has 0 bridgehead atoms. The van der Waals surface area contributed by atoms with E-state index in [0.29, 0.717) is 6.33 Å². The summed E-state index contributed by atoms with van der Waals surface area (Å²) in [5, 5.41) is 0. The van der Waals surface area contributed by atoms with E-state index in [1.54, 1.807) is 6.20 Å². The van der Waals surface area contributed by atoms with Crippen LogP contribution in [0, 0.1) is 5.41 Å². The molecule has 90 valence electrons. The van der Waals surface area contributed by atoms with Gasteiger partial charge in [-0.3, -0.25) is 9.98 Å². The molecule has 1 rings (SSSR count). The van der Waals surface area contributed by atoms with Crippen molar-refractivity contribution in [3.63, 3.8) is 0 Å². The van der Waals surface area contributed by atoms with Gasteiger partial charge in [-0.15, -0.1) is 0 Å². The largest absolute Gasteiger partial charge is 0.292 e. The second-order valence-corrected chi connectivity index (χ2v) is 4.14. The summed E-state index contributed by atoms with van der Waals surface area (Å²) < 4.78 is 11.7. The highest BCUT2D eigenvalue weighted by Crippen LogP contribution is 2.19. The summed E-state index contributed by atoms with van der Waals surface area (Å²) in [6.45, 7) is 4.81. The predicted octanol–water partition coefficient (Wildman–Crippen LogP) is 3.65. The molecular weight excluding hydrogens is 215 g/mol. The Balaban J connectivity index is 2.74. The Bertz CT molecular complexity index is 414. The first kappa shape index (κ1) is 13.3. The van der Waals surface area contributed by atoms with Crippen molar-refractivity contribution in [1.29, 1.82) is 0 Å². The molecule has 1 aliphatic heterocycles. The van der Waals surface area contributed by atoms with Crippen LogP contribution in [0.5, 0.6) is 0 Å². The van der Waals surface area contributed by atoms with E-state index in [1.807, 2.05) is 32.2 Å². The standard InChI is InChI=1S/C14H17FN2/c1-13-5-3-6-14(2,12-17-11-13)7-10-16-9-4-8-15/h3-10,12H,11H2,1-2H3/b6-3-,8-4-,10-7+,13-5-,16-9-,17-12-. The van der Waals surface area contributed by atoms with Gasteiger partial charge in [0.05, 0.1) is 12.9 Å². The molecular formula is C14H17FN2. The summed E-state index contributed by atoms with van der Waals surface area (Å²) in [6.07, 6.45) is 14.7. The molecule has 1 unspecified atom stereocenters. The Labute approximate surface area is 102 Å². The van der Waals surface area contributed by atoms with Crippen LogP contribution in [-0.4, -0.2) is 19.0 Å². The average Bonchev–Trinajstić information content (AvgIpc) is 2.27. The van der Waals surface area contributed by atoms with Crippen LogP contribution in [-0.2, 0) is 0 Å². The molecule has 0 saturated carbocycles. The van der Waals surface area contributed by atoms with Crippen molar-refractivity contribution in [2.75, 3.05) is 6.54 Å². The van der Waals surface area contributed by atoms with Gasteiger partial charge in [0.25, 0.3) is 0 Å². The van der Waals surface area contributed by atoms with Crippen molar-refractivity contribution < 1.29 is 4.39 Å². The van der Waals surface area contributed by atoms with E-state index in [9.17, 15) is 4.39 Å². The zero-order valence-corrected chi connectivity index (χ0v) is 10.2. The van der Waals surface area contributed by atoms with E-state index in [2.05, 4.69) is 22.1 Å². The highest BCUT2D eigenvalue weighted by molar-refractivity contribution is 5.73. The third-order valence-electron chi connectivity index (χ3n) is 2.31. The van der Waals surface area contributed by atoms with Gasteiger partial charge in [0, 0.05) is 24.0 Å². The predicted molar refractivity (Wildman–Crippen MR) is 72.2 cm³/mol. The van der Waals surface area contributed by atoms with Gasteiger partial charge in [0.15, 0.2) is 0 Å². The number of allylic oxidation sites excluding steroid dienone is 5. The lowest BCUT2D eigenvalue weighted by Gasteiger charge is -2.16. The molecule has 0 fully saturated rings. The number of halogens is 1. The van der Waals surface area contributed by atoms with Gasteiger partial charge in [-0.25, -0.2) is 4.39 Å². The Hall–Kier alpha value is -1.77. The molecule has 0 amide bonds. The van der Waals surface area contributed by atoms with E-state index in [0.717, 1.165) is 6.54 Å². The first-order valence-corrected chi connectivity index (χ1v) is 5.48. The molecule has 2 nitrogen and oxygen atoms in total. The zero-order valence-electron chi connectivity index (χ0n) is 10.2. The van der Waals surface area contributed by atoms with Gasteiger partial charge in [0.2, 0.25) is 0 Å². The minimum absolute atomic E-state index is 0.242. The van der Waals surface area contributed by atoms with Crippen LogP contribution in [0.4, 0.5) is 4.39 Å². The fourth-order valence-corrected chi connectivity index (χ4v) is 1.34. The van der Waals surface area contributed by atoms with E-state index in [4.69, 9.17) is 0 Å². The maximum Gasteiger partial charge on any atom is 0.0882 e. The summed E-state index contributed by atoms with van der Waals surface area (Å²) in [6, 6.07) is 0. The third-order valence-corrected chi connectivity index (χ3v) is 2.31. The van der Waals surface area contributed by atoms with Gasteiger partial charge >= 0.3 is 0 Å². The molecule has 0 spiro atoms. The lowest BCUT2D eigenvalue weighted by molar-refractivity contribution is 0.723. The Kier molecular flexibility index (Phi) is 5.27. The average molecular weight is 232 g/mol.